The van der Waals surface area contributed by atoms with Gasteiger partial charge in [-0.3, -0.25) is 0 Å². The van der Waals surface area contributed by atoms with Gasteiger partial charge in [-0.1, -0.05) is 23.8 Å². The van der Waals surface area contributed by atoms with Gasteiger partial charge < -0.3 is 4.74 Å². The van der Waals surface area contributed by atoms with Crippen LogP contribution in [0.4, 0.5) is 0 Å². The molecule has 0 aromatic heterocycles. The molecule has 116 valence electrons. The van der Waals surface area contributed by atoms with Crippen LogP contribution in [-0.2, 0) is 4.74 Å². The van der Waals surface area contributed by atoms with Crippen LogP contribution in [0.2, 0.25) is 0 Å². The van der Waals surface area contributed by atoms with E-state index in [1.54, 1.807) is 5.57 Å². The van der Waals surface area contributed by atoms with Crippen LogP contribution in [0.3, 0.4) is 0 Å². The van der Waals surface area contributed by atoms with Gasteiger partial charge in [0.15, 0.2) is 0 Å². The van der Waals surface area contributed by atoms with Crippen molar-refractivity contribution in [2.24, 2.45) is 17.8 Å². The normalized spacial score (nSPS) is 43.7. The first kappa shape index (κ1) is 14.1. The maximum Gasteiger partial charge on any atom is 0.0683 e. The summed E-state index contributed by atoms with van der Waals surface area (Å²) in [5.41, 5.74) is 3.42. The molecule has 1 saturated heterocycles. The first-order valence-electron chi connectivity index (χ1n) is 9.26. The second-order valence-electron chi connectivity index (χ2n) is 8.12. The highest BCUT2D eigenvalue weighted by molar-refractivity contribution is 5.27. The largest absolute Gasteiger partial charge is 0.375 e. The zero-order valence-electron chi connectivity index (χ0n) is 13.4. The van der Waals surface area contributed by atoms with Gasteiger partial charge in [0.25, 0.3) is 0 Å². The average molecular weight is 286 g/mol. The minimum Gasteiger partial charge on any atom is -0.375 e. The Morgan fingerprint density at radius 3 is 2.62 bits per heavy atom. The summed E-state index contributed by atoms with van der Waals surface area (Å²) >= 11 is 0. The molecule has 3 aliphatic carbocycles. The number of allylic oxidation sites excluding steroid dienone is 3. The molecule has 1 spiro atoms. The Morgan fingerprint density at radius 2 is 1.86 bits per heavy atom. The Bertz CT molecular complexity index is 431. The second-order valence-corrected chi connectivity index (χ2v) is 8.12. The number of rotatable bonds is 1. The van der Waals surface area contributed by atoms with Crippen molar-refractivity contribution in [1.29, 1.82) is 0 Å². The Morgan fingerprint density at radius 1 is 1.00 bits per heavy atom. The quantitative estimate of drug-likeness (QED) is 0.625. The van der Waals surface area contributed by atoms with E-state index >= 15 is 0 Å². The average Bonchev–Trinajstić information content (AvgIpc) is 2.96. The second kappa shape index (κ2) is 5.57. The SMILES string of the molecule is C=C1C=C2CCC(C3CCC4(CCCO4)CC3)CC2CC1. The van der Waals surface area contributed by atoms with Crippen molar-refractivity contribution >= 4 is 0 Å². The van der Waals surface area contributed by atoms with Gasteiger partial charge in [0.05, 0.1) is 5.60 Å². The third kappa shape index (κ3) is 2.74. The molecule has 0 N–H and O–H groups in total. The van der Waals surface area contributed by atoms with Gasteiger partial charge >= 0.3 is 0 Å². The molecule has 3 fully saturated rings. The van der Waals surface area contributed by atoms with Crippen molar-refractivity contribution in [3.8, 4) is 0 Å². The molecule has 0 amide bonds. The van der Waals surface area contributed by atoms with Crippen molar-refractivity contribution in [2.75, 3.05) is 6.61 Å². The van der Waals surface area contributed by atoms with Crippen molar-refractivity contribution in [1.82, 2.24) is 0 Å². The van der Waals surface area contributed by atoms with E-state index in [2.05, 4.69) is 12.7 Å². The molecule has 2 atom stereocenters. The number of hydrogen-bond acceptors (Lipinski definition) is 1. The molecule has 1 aliphatic heterocycles. The predicted molar refractivity (Wildman–Crippen MR) is 87.2 cm³/mol. The zero-order valence-corrected chi connectivity index (χ0v) is 13.4. The van der Waals surface area contributed by atoms with Crippen molar-refractivity contribution in [3.05, 3.63) is 23.8 Å². The van der Waals surface area contributed by atoms with Gasteiger partial charge in [-0.2, -0.15) is 0 Å². The van der Waals surface area contributed by atoms with Gasteiger partial charge in [-0.05, 0) is 88.4 Å². The molecule has 2 unspecified atom stereocenters. The predicted octanol–water partition coefficient (Wildman–Crippen LogP) is 5.42. The summed E-state index contributed by atoms with van der Waals surface area (Å²) in [6, 6.07) is 0. The monoisotopic (exact) mass is 286 g/mol. The minimum atomic E-state index is 0.318. The summed E-state index contributed by atoms with van der Waals surface area (Å²) < 4.78 is 6.10. The summed E-state index contributed by atoms with van der Waals surface area (Å²) in [7, 11) is 0. The van der Waals surface area contributed by atoms with Crippen LogP contribution in [0, 0.1) is 17.8 Å². The van der Waals surface area contributed by atoms with E-state index in [-0.39, 0.29) is 0 Å². The summed E-state index contributed by atoms with van der Waals surface area (Å²) in [4.78, 5) is 0. The van der Waals surface area contributed by atoms with Gasteiger partial charge in [0, 0.05) is 6.61 Å². The van der Waals surface area contributed by atoms with Crippen molar-refractivity contribution in [3.63, 3.8) is 0 Å². The molecular formula is C20H30O. The zero-order chi connectivity index (χ0) is 14.3. The molecule has 1 nitrogen and oxygen atoms in total. The Labute approximate surface area is 129 Å². The summed E-state index contributed by atoms with van der Waals surface area (Å²) in [6.45, 7) is 5.19. The molecule has 4 rings (SSSR count). The Hall–Kier alpha value is -0.560. The molecule has 1 heterocycles. The topological polar surface area (TPSA) is 9.23 Å². The lowest BCUT2D eigenvalue weighted by atomic mass is 9.64. The highest BCUT2D eigenvalue weighted by atomic mass is 16.5. The molecule has 0 aromatic rings. The van der Waals surface area contributed by atoms with Crippen LogP contribution in [0.25, 0.3) is 0 Å². The first-order chi connectivity index (χ1) is 10.2. The third-order valence-corrected chi connectivity index (χ3v) is 6.91. The number of fused-ring (bicyclic) bond motifs is 1. The molecule has 1 heteroatoms. The van der Waals surface area contributed by atoms with E-state index in [4.69, 9.17) is 4.74 Å². The maximum absolute atomic E-state index is 6.10. The number of hydrogen-bond donors (Lipinski definition) is 0. The minimum absolute atomic E-state index is 0.318. The van der Waals surface area contributed by atoms with E-state index in [0.29, 0.717) is 5.60 Å². The van der Waals surface area contributed by atoms with Crippen LogP contribution in [0.15, 0.2) is 23.8 Å². The van der Waals surface area contributed by atoms with E-state index in [1.165, 1.54) is 76.2 Å². The van der Waals surface area contributed by atoms with Gasteiger partial charge in [0.1, 0.15) is 0 Å². The molecule has 2 saturated carbocycles. The van der Waals surface area contributed by atoms with Gasteiger partial charge in [-0.15, -0.1) is 0 Å². The van der Waals surface area contributed by atoms with Gasteiger partial charge in [-0.25, -0.2) is 0 Å². The standard InChI is InChI=1S/C20H30O/c1-15-3-4-19-14-18(6-5-17(19)13-15)16-7-10-20(11-8-16)9-2-12-21-20/h13,16,18-19H,1-12,14H2. The lowest BCUT2D eigenvalue weighted by Gasteiger charge is -2.43. The lowest BCUT2D eigenvalue weighted by molar-refractivity contribution is -0.0429. The summed E-state index contributed by atoms with van der Waals surface area (Å²) in [5, 5.41) is 0. The highest BCUT2D eigenvalue weighted by Gasteiger charge is 2.41. The van der Waals surface area contributed by atoms with Crippen LogP contribution in [0.5, 0.6) is 0 Å². The van der Waals surface area contributed by atoms with Gasteiger partial charge in [0.2, 0.25) is 0 Å². The van der Waals surface area contributed by atoms with E-state index < -0.39 is 0 Å². The smallest absolute Gasteiger partial charge is 0.0683 e. The Kier molecular flexibility index (Phi) is 3.73. The van der Waals surface area contributed by atoms with Crippen molar-refractivity contribution in [2.45, 2.75) is 76.2 Å². The fraction of sp³-hybridized carbons (Fsp3) is 0.800. The molecular weight excluding hydrogens is 256 g/mol. The van der Waals surface area contributed by atoms with Crippen LogP contribution < -0.4 is 0 Å². The third-order valence-electron chi connectivity index (χ3n) is 6.91. The molecule has 0 bridgehead atoms. The molecule has 21 heavy (non-hydrogen) atoms. The first-order valence-corrected chi connectivity index (χ1v) is 9.26. The maximum atomic E-state index is 6.10. The van der Waals surface area contributed by atoms with E-state index in [0.717, 1.165) is 24.4 Å². The molecule has 0 radical (unpaired) electrons. The van der Waals surface area contributed by atoms with Crippen LogP contribution >= 0.6 is 0 Å². The molecule has 0 aromatic carbocycles. The van der Waals surface area contributed by atoms with E-state index in [1.807, 2.05) is 0 Å². The lowest BCUT2D eigenvalue weighted by Crippen LogP contribution is -2.36. The summed E-state index contributed by atoms with van der Waals surface area (Å²) in [6.07, 6.45) is 17.5. The van der Waals surface area contributed by atoms with E-state index in [9.17, 15) is 0 Å². The fourth-order valence-corrected chi connectivity index (χ4v) is 5.59. The van der Waals surface area contributed by atoms with Crippen molar-refractivity contribution < 1.29 is 4.74 Å². The van der Waals surface area contributed by atoms with Crippen LogP contribution in [-0.4, -0.2) is 12.2 Å². The Balaban J connectivity index is 1.36. The summed E-state index contributed by atoms with van der Waals surface area (Å²) in [5.74, 6) is 2.89. The highest BCUT2D eigenvalue weighted by Crippen LogP contribution is 2.49. The fourth-order valence-electron chi connectivity index (χ4n) is 5.59. The van der Waals surface area contributed by atoms with Crippen LogP contribution in [0.1, 0.15) is 70.6 Å². The molecule has 4 aliphatic rings. The number of ether oxygens (including phenoxy) is 1.